The maximum atomic E-state index is 11.9. The van der Waals surface area contributed by atoms with E-state index in [0.29, 0.717) is 24.2 Å². The quantitative estimate of drug-likeness (QED) is 0.260. The minimum Gasteiger partial charge on any atom is -0.352 e. The number of nitrogens with one attached hydrogen (secondary N) is 3. The average molecular weight is 317 g/mol. The molecule has 7 nitrogen and oxygen atoms in total. The van der Waals surface area contributed by atoms with Crippen molar-refractivity contribution in [3.05, 3.63) is 41.5 Å². The molecule has 0 radical (unpaired) electrons. The molecule has 1 aromatic carbocycles. The van der Waals surface area contributed by atoms with Crippen LogP contribution in [0.4, 0.5) is 0 Å². The molecule has 0 spiro atoms. The zero-order chi connectivity index (χ0) is 16.7. The summed E-state index contributed by atoms with van der Waals surface area (Å²) in [6.07, 6.45) is 3.79. The van der Waals surface area contributed by atoms with Crippen molar-refractivity contribution in [1.82, 2.24) is 16.1 Å². The van der Waals surface area contributed by atoms with Crippen LogP contribution in [0.15, 0.2) is 30.3 Å². The number of unbranched alkanes of at least 4 members (excludes halogenated alkanes) is 2. The molecule has 0 aromatic heterocycles. The van der Waals surface area contributed by atoms with Gasteiger partial charge in [0.2, 0.25) is 11.8 Å². The van der Waals surface area contributed by atoms with Crippen molar-refractivity contribution in [3.8, 4) is 0 Å². The van der Waals surface area contributed by atoms with Crippen molar-refractivity contribution in [1.29, 1.82) is 0 Å². The normalized spacial score (nSPS) is 14.3. The Bertz CT molecular complexity index is 640. The Balaban J connectivity index is 1.75. The van der Waals surface area contributed by atoms with Gasteiger partial charge in [-0.2, -0.15) is 0 Å². The van der Waals surface area contributed by atoms with E-state index in [0.717, 1.165) is 18.4 Å². The van der Waals surface area contributed by atoms with Crippen LogP contribution in [0, 0.1) is 0 Å². The third-order valence-corrected chi connectivity index (χ3v) is 3.49. The molecule has 0 fully saturated rings. The first kappa shape index (κ1) is 16.7. The number of rotatable bonds is 7. The SMILES string of the molecule is O=C(/C=C1\NC(=O)c2ccccc21)NCCCCCC(=O)NO. The fourth-order valence-corrected chi connectivity index (χ4v) is 2.32. The third kappa shape index (κ3) is 4.65. The molecule has 2 rings (SSSR count). The van der Waals surface area contributed by atoms with Gasteiger partial charge in [0.1, 0.15) is 0 Å². The summed E-state index contributed by atoms with van der Waals surface area (Å²) in [6, 6.07) is 7.09. The molecule has 1 aliphatic rings. The van der Waals surface area contributed by atoms with Gasteiger partial charge in [-0.25, -0.2) is 5.48 Å². The van der Waals surface area contributed by atoms with Gasteiger partial charge in [-0.3, -0.25) is 19.6 Å². The smallest absolute Gasteiger partial charge is 0.256 e. The number of carbonyl (C=O) groups excluding carboxylic acids is 3. The number of hydrogen-bond acceptors (Lipinski definition) is 4. The van der Waals surface area contributed by atoms with Gasteiger partial charge in [0.25, 0.3) is 5.91 Å². The number of hydroxylamine groups is 1. The number of fused-ring (bicyclic) bond motifs is 1. The summed E-state index contributed by atoms with van der Waals surface area (Å²) in [6.45, 7) is 0.485. The van der Waals surface area contributed by atoms with Crippen molar-refractivity contribution in [2.24, 2.45) is 0 Å². The Kier molecular flexibility index (Phi) is 5.87. The lowest BCUT2D eigenvalue weighted by Gasteiger charge is -2.04. The second-order valence-electron chi connectivity index (χ2n) is 5.19. The van der Waals surface area contributed by atoms with Crippen LogP contribution in [-0.2, 0) is 9.59 Å². The lowest BCUT2D eigenvalue weighted by Crippen LogP contribution is -2.24. The van der Waals surface area contributed by atoms with Crippen LogP contribution in [0.5, 0.6) is 0 Å². The van der Waals surface area contributed by atoms with Crippen LogP contribution in [0.25, 0.3) is 5.70 Å². The second kappa shape index (κ2) is 8.09. The summed E-state index contributed by atoms with van der Waals surface area (Å²) in [4.78, 5) is 34.4. The highest BCUT2D eigenvalue weighted by Crippen LogP contribution is 2.23. The zero-order valence-corrected chi connectivity index (χ0v) is 12.6. The van der Waals surface area contributed by atoms with Gasteiger partial charge >= 0.3 is 0 Å². The number of benzene rings is 1. The Morgan fingerprint density at radius 2 is 1.87 bits per heavy atom. The van der Waals surface area contributed by atoms with Crippen LogP contribution < -0.4 is 16.1 Å². The van der Waals surface area contributed by atoms with E-state index in [1.54, 1.807) is 23.7 Å². The monoisotopic (exact) mass is 317 g/mol. The second-order valence-corrected chi connectivity index (χ2v) is 5.19. The molecule has 23 heavy (non-hydrogen) atoms. The molecule has 3 amide bonds. The van der Waals surface area contributed by atoms with E-state index in [1.165, 1.54) is 6.08 Å². The van der Waals surface area contributed by atoms with Gasteiger partial charge in [0, 0.05) is 30.2 Å². The van der Waals surface area contributed by atoms with Crippen molar-refractivity contribution < 1.29 is 19.6 Å². The standard InChI is InChI=1S/C16H19N3O4/c20-14(19-23)8-2-1-5-9-17-15(21)10-13-11-6-3-4-7-12(11)16(22)18-13/h3-4,6-7,10,23H,1-2,5,8-9H2,(H,17,21)(H,18,22)(H,19,20)/b13-10-. The molecule has 0 unspecified atom stereocenters. The molecule has 122 valence electrons. The lowest BCUT2D eigenvalue weighted by molar-refractivity contribution is -0.129. The van der Waals surface area contributed by atoms with Gasteiger partial charge in [0.15, 0.2) is 0 Å². The summed E-state index contributed by atoms with van der Waals surface area (Å²) in [5, 5.41) is 13.8. The van der Waals surface area contributed by atoms with E-state index in [1.807, 2.05) is 6.07 Å². The maximum absolute atomic E-state index is 11.9. The van der Waals surface area contributed by atoms with Crippen molar-refractivity contribution in [2.75, 3.05) is 6.54 Å². The van der Waals surface area contributed by atoms with Gasteiger partial charge < -0.3 is 10.6 Å². The largest absolute Gasteiger partial charge is 0.352 e. The highest BCUT2D eigenvalue weighted by atomic mass is 16.5. The van der Waals surface area contributed by atoms with Crippen molar-refractivity contribution in [2.45, 2.75) is 25.7 Å². The fraction of sp³-hybridized carbons (Fsp3) is 0.312. The minimum absolute atomic E-state index is 0.207. The summed E-state index contributed by atoms with van der Waals surface area (Å²) in [7, 11) is 0. The van der Waals surface area contributed by atoms with E-state index in [-0.39, 0.29) is 18.2 Å². The van der Waals surface area contributed by atoms with Gasteiger partial charge in [-0.1, -0.05) is 24.6 Å². The highest BCUT2D eigenvalue weighted by Gasteiger charge is 2.23. The number of amides is 3. The zero-order valence-electron chi connectivity index (χ0n) is 12.6. The number of hydrogen-bond donors (Lipinski definition) is 4. The molecule has 0 saturated carbocycles. The predicted octanol–water partition coefficient (Wildman–Crippen LogP) is 0.953. The van der Waals surface area contributed by atoms with Crippen LogP contribution in [0.1, 0.15) is 41.6 Å². The van der Waals surface area contributed by atoms with Crippen LogP contribution in [-0.4, -0.2) is 29.5 Å². The van der Waals surface area contributed by atoms with Crippen LogP contribution >= 0.6 is 0 Å². The summed E-state index contributed by atoms with van der Waals surface area (Å²) in [5.41, 5.74) is 3.37. The fourth-order valence-electron chi connectivity index (χ4n) is 2.32. The summed E-state index contributed by atoms with van der Waals surface area (Å²) in [5.74, 6) is -0.888. The molecule has 1 aliphatic heterocycles. The predicted molar refractivity (Wildman–Crippen MR) is 83.3 cm³/mol. The third-order valence-electron chi connectivity index (χ3n) is 3.49. The lowest BCUT2D eigenvalue weighted by atomic mass is 10.1. The van der Waals surface area contributed by atoms with E-state index in [9.17, 15) is 14.4 Å². The first-order chi connectivity index (χ1) is 11.1. The molecule has 0 bridgehead atoms. The molecule has 1 aromatic rings. The summed E-state index contributed by atoms with van der Waals surface area (Å²) >= 11 is 0. The van der Waals surface area contributed by atoms with Gasteiger partial charge in [-0.05, 0) is 18.9 Å². The molecule has 7 heteroatoms. The molecule has 4 N–H and O–H groups in total. The van der Waals surface area contributed by atoms with Crippen molar-refractivity contribution in [3.63, 3.8) is 0 Å². The maximum Gasteiger partial charge on any atom is 0.256 e. The van der Waals surface area contributed by atoms with Gasteiger partial charge in [-0.15, -0.1) is 0 Å². The van der Waals surface area contributed by atoms with Gasteiger partial charge in [0.05, 0.1) is 5.70 Å². The first-order valence-corrected chi connectivity index (χ1v) is 7.45. The molecule has 0 atom stereocenters. The van der Waals surface area contributed by atoms with Crippen molar-refractivity contribution >= 4 is 23.4 Å². The Hall–Kier alpha value is -2.67. The van der Waals surface area contributed by atoms with Crippen LogP contribution in [0.3, 0.4) is 0 Å². The molecular weight excluding hydrogens is 298 g/mol. The number of carbonyl (C=O) groups is 3. The van der Waals surface area contributed by atoms with Crippen LogP contribution in [0.2, 0.25) is 0 Å². The Morgan fingerprint density at radius 3 is 2.61 bits per heavy atom. The molecule has 0 aliphatic carbocycles. The topological polar surface area (TPSA) is 108 Å². The molecular formula is C16H19N3O4. The highest BCUT2D eigenvalue weighted by molar-refractivity contribution is 6.12. The first-order valence-electron chi connectivity index (χ1n) is 7.45. The van der Waals surface area contributed by atoms with E-state index in [4.69, 9.17) is 5.21 Å². The minimum atomic E-state index is -0.408. The Morgan fingerprint density at radius 1 is 1.13 bits per heavy atom. The molecule has 1 heterocycles. The van der Waals surface area contributed by atoms with E-state index in [2.05, 4.69) is 10.6 Å². The molecule has 0 saturated heterocycles. The Labute approximate surface area is 133 Å². The van der Waals surface area contributed by atoms with E-state index < -0.39 is 5.91 Å². The average Bonchev–Trinajstić information content (AvgIpc) is 2.87. The van der Waals surface area contributed by atoms with E-state index >= 15 is 0 Å². The summed E-state index contributed by atoms with van der Waals surface area (Å²) < 4.78 is 0.